The Morgan fingerprint density at radius 3 is 2.36 bits per heavy atom. The molecule has 2 amide bonds. The van der Waals surface area contributed by atoms with Crippen LogP contribution in [0.3, 0.4) is 0 Å². The van der Waals surface area contributed by atoms with Crippen LogP contribution in [0.4, 0.5) is 15.8 Å². The Morgan fingerprint density at radius 1 is 1.04 bits per heavy atom. The summed E-state index contributed by atoms with van der Waals surface area (Å²) in [7, 11) is 3.89. The number of hydrogen-bond acceptors (Lipinski definition) is 4. The molecule has 148 valence electrons. The average Bonchev–Trinajstić information content (AvgIpc) is 2.70. The van der Waals surface area contributed by atoms with E-state index in [0.717, 1.165) is 5.69 Å². The van der Waals surface area contributed by atoms with Gasteiger partial charge in [0.15, 0.2) is 0 Å². The van der Waals surface area contributed by atoms with E-state index < -0.39 is 0 Å². The summed E-state index contributed by atoms with van der Waals surface area (Å²) in [5, 5.41) is 2.76. The number of amides is 2. The second kappa shape index (κ2) is 8.84. The fourth-order valence-electron chi connectivity index (χ4n) is 3.15. The molecular formula is C21H25FN4O2. The molecule has 0 aromatic heterocycles. The Morgan fingerprint density at radius 2 is 1.71 bits per heavy atom. The molecule has 2 aromatic rings. The first-order chi connectivity index (χ1) is 13.4. The van der Waals surface area contributed by atoms with Crippen LogP contribution in [0.25, 0.3) is 0 Å². The van der Waals surface area contributed by atoms with Gasteiger partial charge in [0, 0.05) is 57.2 Å². The molecule has 3 rings (SSSR count). The van der Waals surface area contributed by atoms with Crippen molar-refractivity contribution in [2.75, 3.05) is 57.0 Å². The van der Waals surface area contributed by atoms with Crippen LogP contribution < -0.4 is 10.2 Å². The number of anilines is 2. The van der Waals surface area contributed by atoms with E-state index in [9.17, 15) is 14.0 Å². The highest BCUT2D eigenvalue weighted by molar-refractivity contribution is 5.95. The Balaban J connectivity index is 1.50. The van der Waals surface area contributed by atoms with Gasteiger partial charge in [-0.25, -0.2) is 4.39 Å². The maximum Gasteiger partial charge on any atom is 0.254 e. The second-order valence-corrected chi connectivity index (χ2v) is 7.07. The van der Waals surface area contributed by atoms with Gasteiger partial charge in [0.1, 0.15) is 5.82 Å². The van der Waals surface area contributed by atoms with Crippen molar-refractivity contribution < 1.29 is 14.0 Å². The minimum Gasteiger partial charge on any atom is -0.378 e. The molecule has 0 unspecified atom stereocenters. The second-order valence-electron chi connectivity index (χ2n) is 7.07. The molecule has 6 nitrogen and oxygen atoms in total. The molecule has 2 aromatic carbocycles. The van der Waals surface area contributed by atoms with Crippen LogP contribution in [-0.2, 0) is 4.79 Å². The molecule has 0 aliphatic carbocycles. The quantitative estimate of drug-likeness (QED) is 0.860. The lowest BCUT2D eigenvalue weighted by atomic mass is 10.1. The fraction of sp³-hybridized carbons (Fsp3) is 0.333. The summed E-state index contributed by atoms with van der Waals surface area (Å²) in [4.78, 5) is 30.7. The maximum absolute atomic E-state index is 12.9. The fourth-order valence-corrected chi connectivity index (χ4v) is 3.15. The van der Waals surface area contributed by atoms with Gasteiger partial charge in [-0.15, -0.1) is 0 Å². The van der Waals surface area contributed by atoms with Crippen molar-refractivity contribution in [3.8, 4) is 0 Å². The lowest BCUT2D eigenvalue weighted by Gasteiger charge is -2.34. The number of halogens is 1. The van der Waals surface area contributed by atoms with Gasteiger partial charge in [0.2, 0.25) is 5.91 Å². The summed E-state index contributed by atoms with van der Waals surface area (Å²) >= 11 is 0. The first kappa shape index (κ1) is 19.8. The zero-order valence-electron chi connectivity index (χ0n) is 16.2. The van der Waals surface area contributed by atoms with Gasteiger partial charge in [0.25, 0.3) is 5.91 Å². The van der Waals surface area contributed by atoms with Gasteiger partial charge in [-0.1, -0.05) is 6.07 Å². The van der Waals surface area contributed by atoms with Crippen molar-refractivity contribution in [1.82, 2.24) is 9.80 Å². The molecule has 1 aliphatic heterocycles. The van der Waals surface area contributed by atoms with Crippen molar-refractivity contribution >= 4 is 23.2 Å². The molecule has 1 aliphatic rings. The Bertz CT molecular complexity index is 831. The van der Waals surface area contributed by atoms with E-state index in [0.29, 0.717) is 37.4 Å². The number of nitrogens with one attached hydrogen (secondary N) is 1. The number of carbonyl (C=O) groups excluding carboxylic acids is 2. The van der Waals surface area contributed by atoms with Crippen LogP contribution in [0, 0.1) is 5.82 Å². The third-order valence-electron chi connectivity index (χ3n) is 4.76. The van der Waals surface area contributed by atoms with Crippen molar-refractivity contribution in [3.05, 3.63) is 59.9 Å². The maximum atomic E-state index is 12.9. The summed E-state index contributed by atoms with van der Waals surface area (Å²) in [6, 6.07) is 13.3. The molecule has 28 heavy (non-hydrogen) atoms. The van der Waals surface area contributed by atoms with Crippen LogP contribution in [0.15, 0.2) is 48.5 Å². The summed E-state index contributed by atoms with van der Waals surface area (Å²) in [6.45, 7) is 2.67. The van der Waals surface area contributed by atoms with Crippen LogP contribution in [-0.4, -0.2) is 68.4 Å². The minimum absolute atomic E-state index is 0.0131. The topological polar surface area (TPSA) is 55.9 Å². The summed E-state index contributed by atoms with van der Waals surface area (Å²) in [5.41, 5.74) is 2.23. The van der Waals surface area contributed by atoms with Crippen molar-refractivity contribution in [2.45, 2.75) is 0 Å². The lowest BCUT2D eigenvalue weighted by molar-refractivity contribution is -0.117. The normalized spacial score (nSPS) is 14.6. The average molecular weight is 384 g/mol. The van der Waals surface area contributed by atoms with E-state index in [4.69, 9.17) is 0 Å². The van der Waals surface area contributed by atoms with Crippen molar-refractivity contribution in [1.29, 1.82) is 0 Å². The molecule has 0 bridgehead atoms. The first-order valence-corrected chi connectivity index (χ1v) is 9.27. The summed E-state index contributed by atoms with van der Waals surface area (Å²) < 4.78 is 12.9. The number of rotatable bonds is 5. The van der Waals surface area contributed by atoms with E-state index in [-0.39, 0.29) is 24.2 Å². The standard InChI is InChI=1S/C21H25FN4O2/c1-24(2)19-5-3-4-16(14-19)21(28)26-12-10-25(11-13-26)15-20(27)23-18-8-6-17(22)7-9-18/h3-9,14H,10-13,15H2,1-2H3,(H,23,27). The zero-order chi connectivity index (χ0) is 20.1. The number of hydrogen-bond donors (Lipinski definition) is 1. The Kier molecular flexibility index (Phi) is 6.26. The Labute approximate surface area is 164 Å². The number of benzene rings is 2. The monoisotopic (exact) mass is 384 g/mol. The lowest BCUT2D eigenvalue weighted by Crippen LogP contribution is -2.50. The van der Waals surface area contributed by atoms with Gasteiger partial charge in [-0.2, -0.15) is 0 Å². The molecule has 1 saturated heterocycles. The largest absolute Gasteiger partial charge is 0.378 e. The number of piperazine rings is 1. The van der Waals surface area contributed by atoms with Crippen molar-refractivity contribution in [3.63, 3.8) is 0 Å². The van der Waals surface area contributed by atoms with E-state index >= 15 is 0 Å². The molecule has 0 atom stereocenters. The van der Waals surface area contributed by atoms with Gasteiger partial charge >= 0.3 is 0 Å². The van der Waals surface area contributed by atoms with Gasteiger partial charge in [-0.3, -0.25) is 14.5 Å². The molecule has 0 saturated carbocycles. The molecule has 0 spiro atoms. The molecular weight excluding hydrogens is 359 g/mol. The third kappa shape index (κ3) is 5.07. The van der Waals surface area contributed by atoms with Crippen LogP contribution in [0.2, 0.25) is 0 Å². The number of carbonyl (C=O) groups is 2. The first-order valence-electron chi connectivity index (χ1n) is 9.27. The highest BCUT2D eigenvalue weighted by Crippen LogP contribution is 2.16. The molecule has 1 heterocycles. The van der Waals surface area contributed by atoms with E-state index in [1.807, 2.05) is 53.1 Å². The van der Waals surface area contributed by atoms with Crippen LogP contribution in [0.1, 0.15) is 10.4 Å². The van der Waals surface area contributed by atoms with Gasteiger partial charge in [0.05, 0.1) is 6.54 Å². The van der Waals surface area contributed by atoms with Crippen molar-refractivity contribution in [2.24, 2.45) is 0 Å². The third-order valence-corrected chi connectivity index (χ3v) is 4.76. The molecule has 7 heteroatoms. The van der Waals surface area contributed by atoms with Gasteiger partial charge < -0.3 is 15.1 Å². The van der Waals surface area contributed by atoms with E-state index in [2.05, 4.69) is 5.32 Å². The molecule has 0 radical (unpaired) electrons. The van der Waals surface area contributed by atoms with E-state index in [1.54, 1.807) is 0 Å². The van der Waals surface area contributed by atoms with E-state index in [1.165, 1.54) is 24.3 Å². The SMILES string of the molecule is CN(C)c1cccc(C(=O)N2CCN(CC(=O)Nc3ccc(F)cc3)CC2)c1. The minimum atomic E-state index is -0.338. The van der Waals surface area contributed by atoms with Crippen LogP contribution >= 0.6 is 0 Å². The smallest absolute Gasteiger partial charge is 0.254 e. The molecule has 1 N–H and O–H groups in total. The predicted molar refractivity (Wildman–Crippen MR) is 108 cm³/mol. The molecule has 1 fully saturated rings. The summed E-state index contributed by atoms with van der Waals surface area (Å²) in [5.74, 6) is -0.473. The highest BCUT2D eigenvalue weighted by Gasteiger charge is 2.23. The summed E-state index contributed by atoms with van der Waals surface area (Å²) in [6.07, 6.45) is 0. The Hall–Kier alpha value is -2.93. The predicted octanol–water partition coefficient (Wildman–Crippen LogP) is 2.29. The zero-order valence-corrected chi connectivity index (χ0v) is 16.2. The van der Waals surface area contributed by atoms with Crippen LogP contribution in [0.5, 0.6) is 0 Å². The van der Waals surface area contributed by atoms with Gasteiger partial charge in [-0.05, 0) is 42.5 Å². The number of nitrogens with zero attached hydrogens (tertiary/aromatic N) is 3. The highest BCUT2D eigenvalue weighted by atomic mass is 19.1.